The minimum atomic E-state index is -8.25. The van der Waals surface area contributed by atoms with Crippen molar-refractivity contribution < 1.29 is 97.3 Å². The Balaban J connectivity index is 0. The molecular formula is C6HCdF13O3S. The molecule has 0 bridgehead atoms. The summed E-state index contributed by atoms with van der Waals surface area (Å²) in [5.74, 6) is -32.5. The minimum Gasteiger partial charge on any atom is -0.281 e. The fourth-order valence-electron chi connectivity index (χ4n) is 0.917. The number of alkyl halides is 13. The van der Waals surface area contributed by atoms with Crippen LogP contribution in [0.2, 0.25) is 0 Å². The van der Waals surface area contributed by atoms with Gasteiger partial charge in [-0.15, -0.1) is 0 Å². The van der Waals surface area contributed by atoms with Gasteiger partial charge in [-0.05, 0) is 0 Å². The maximum absolute atomic E-state index is 12.7. The first-order valence-corrected chi connectivity index (χ1v) is 5.87. The van der Waals surface area contributed by atoms with Crippen molar-refractivity contribution in [1.82, 2.24) is 0 Å². The van der Waals surface area contributed by atoms with Gasteiger partial charge >= 0.3 is 45.2 Å². The summed E-state index contributed by atoms with van der Waals surface area (Å²) in [6.45, 7) is 0. The van der Waals surface area contributed by atoms with Crippen LogP contribution in [-0.4, -0.2) is 48.1 Å². The second-order valence-corrected chi connectivity index (χ2v) is 5.25. The topological polar surface area (TPSA) is 54.4 Å². The molecule has 0 aliphatic rings. The maximum Gasteiger partial charge on any atom is 0.460 e. The van der Waals surface area contributed by atoms with Crippen LogP contribution in [0.25, 0.3) is 0 Å². The SMILES string of the molecule is O=S(=O)(O)C(F)(F)C(F)(F)C(F)(F)C(F)(F)C(F)(F)C(F)(F)F.[Cd]. The molecule has 0 rings (SSSR count). The number of hydrogen-bond acceptors (Lipinski definition) is 2. The van der Waals surface area contributed by atoms with E-state index in [-0.39, 0.29) is 27.3 Å². The van der Waals surface area contributed by atoms with Crippen LogP contribution in [0.1, 0.15) is 0 Å². The molecule has 3 nitrogen and oxygen atoms in total. The van der Waals surface area contributed by atoms with Gasteiger partial charge in [0, 0.05) is 27.3 Å². The van der Waals surface area contributed by atoms with Crippen LogP contribution in [-0.2, 0) is 37.4 Å². The summed E-state index contributed by atoms with van der Waals surface area (Å²) in [6, 6.07) is 0. The van der Waals surface area contributed by atoms with E-state index in [0.29, 0.717) is 0 Å². The molecule has 18 heteroatoms. The minimum absolute atomic E-state index is 0. The van der Waals surface area contributed by atoms with E-state index in [0.717, 1.165) is 0 Å². The quantitative estimate of drug-likeness (QED) is 0.348. The Bertz CT molecular complexity index is 565. The molecule has 0 amide bonds. The Morgan fingerprint density at radius 3 is 1.00 bits per heavy atom. The molecule has 0 spiro atoms. The summed E-state index contributed by atoms with van der Waals surface area (Å²) in [5.41, 5.74) is 0. The van der Waals surface area contributed by atoms with Crippen LogP contribution in [0.5, 0.6) is 0 Å². The monoisotopic (exact) mass is 514 g/mol. The van der Waals surface area contributed by atoms with E-state index < -0.39 is 45.2 Å². The molecule has 0 aliphatic carbocycles. The van der Waals surface area contributed by atoms with Crippen LogP contribution in [0.3, 0.4) is 0 Å². The fraction of sp³-hybridized carbons (Fsp3) is 1.00. The summed E-state index contributed by atoms with van der Waals surface area (Å²) in [6.07, 6.45) is -7.59. The van der Waals surface area contributed by atoms with E-state index in [1.807, 2.05) is 0 Å². The first-order valence-electron chi connectivity index (χ1n) is 4.43. The maximum atomic E-state index is 12.7. The molecule has 0 saturated heterocycles. The van der Waals surface area contributed by atoms with Crippen LogP contribution >= 0.6 is 0 Å². The average Bonchev–Trinajstić information content (AvgIpc) is 2.24. The van der Waals surface area contributed by atoms with Crippen molar-refractivity contribution >= 4 is 10.1 Å². The molecule has 0 aromatic rings. The molecule has 0 heterocycles. The second-order valence-electron chi connectivity index (χ2n) is 3.79. The van der Waals surface area contributed by atoms with Gasteiger partial charge in [0.05, 0.1) is 0 Å². The summed E-state index contributed by atoms with van der Waals surface area (Å²) < 4.78 is 188. The van der Waals surface area contributed by atoms with E-state index in [1.54, 1.807) is 0 Å². The Labute approximate surface area is 143 Å². The number of halogens is 13. The second kappa shape index (κ2) is 6.27. The van der Waals surface area contributed by atoms with Crippen molar-refractivity contribution in [3.63, 3.8) is 0 Å². The predicted octanol–water partition coefficient (Wildman–Crippen LogP) is 3.57. The van der Waals surface area contributed by atoms with E-state index in [4.69, 9.17) is 4.55 Å². The van der Waals surface area contributed by atoms with Gasteiger partial charge in [-0.1, -0.05) is 0 Å². The van der Waals surface area contributed by atoms with Crippen molar-refractivity contribution in [2.45, 2.75) is 35.1 Å². The first-order chi connectivity index (χ1) is 9.50. The van der Waals surface area contributed by atoms with Gasteiger partial charge in [0.25, 0.3) is 0 Å². The Morgan fingerprint density at radius 2 is 0.792 bits per heavy atom. The number of rotatable bonds is 5. The fourth-order valence-corrected chi connectivity index (χ4v) is 1.37. The molecule has 142 valence electrons. The largest absolute Gasteiger partial charge is 0.460 e. The predicted molar refractivity (Wildman–Crippen MR) is 42.3 cm³/mol. The van der Waals surface area contributed by atoms with Crippen molar-refractivity contribution in [3.05, 3.63) is 0 Å². The zero-order valence-corrected chi connectivity index (χ0v) is 15.1. The van der Waals surface area contributed by atoms with Crippen molar-refractivity contribution in [1.29, 1.82) is 0 Å². The number of hydrogen-bond donors (Lipinski definition) is 1. The first kappa shape index (κ1) is 26.2. The van der Waals surface area contributed by atoms with Crippen LogP contribution in [0.15, 0.2) is 0 Å². The Kier molecular flexibility index (Phi) is 6.83. The van der Waals surface area contributed by atoms with Crippen molar-refractivity contribution in [2.24, 2.45) is 0 Å². The molecule has 0 aromatic heterocycles. The third kappa shape index (κ3) is 3.30. The standard InChI is InChI=1S/C6HF13O3S.Cd/c7-1(8,3(11,12)5(15,16)17)2(9,10)4(13,14)6(18,19)23(20,21)22;/h(H,20,21,22);. The van der Waals surface area contributed by atoms with E-state index in [9.17, 15) is 65.5 Å². The molecule has 0 fully saturated rings. The van der Waals surface area contributed by atoms with Gasteiger partial charge in [0.1, 0.15) is 0 Å². The molecule has 24 heavy (non-hydrogen) atoms. The summed E-state index contributed by atoms with van der Waals surface area (Å²) in [4.78, 5) is 0. The van der Waals surface area contributed by atoms with E-state index in [1.165, 1.54) is 0 Å². The van der Waals surface area contributed by atoms with Crippen LogP contribution in [0.4, 0.5) is 57.1 Å². The molecule has 0 aromatic carbocycles. The molecule has 1 N–H and O–H groups in total. The summed E-state index contributed by atoms with van der Waals surface area (Å²) in [7, 11) is -7.61. The molecule has 0 aliphatic heterocycles. The zero-order chi connectivity index (χ0) is 19.5. The Morgan fingerprint density at radius 1 is 0.542 bits per heavy atom. The molecule has 0 radical (unpaired) electrons. The third-order valence-corrected chi connectivity index (χ3v) is 3.13. The van der Waals surface area contributed by atoms with Gasteiger partial charge in [0.15, 0.2) is 0 Å². The van der Waals surface area contributed by atoms with Crippen LogP contribution < -0.4 is 0 Å². The van der Waals surface area contributed by atoms with Gasteiger partial charge < -0.3 is 0 Å². The van der Waals surface area contributed by atoms with Gasteiger partial charge in [-0.2, -0.15) is 65.5 Å². The van der Waals surface area contributed by atoms with Gasteiger partial charge in [-0.25, -0.2) is 0 Å². The van der Waals surface area contributed by atoms with Crippen molar-refractivity contribution in [3.8, 4) is 0 Å². The molecule has 0 unspecified atom stereocenters. The third-order valence-electron chi connectivity index (χ3n) is 2.23. The zero-order valence-electron chi connectivity index (χ0n) is 10.3. The van der Waals surface area contributed by atoms with Crippen molar-refractivity contribution in [2.75, 3.05) is 0 Å². The van der Waals surface area contributed by atoms with E-state index in [2.05, 4.69) is 0 Å². The molecule has 0 saturated carbocycles. The normalized spacial score (nSPS) is 15.9. The summed E-state index contributed by atoms with van der Waals surface area (Å²) in [5, 5.41) is -7.52. The van der Waals surface area contributed by atoms with Crippen LogP contribution in [0, 0.1) is 0 Å². The summed E-state index contributed by atoms with van der Waals surface area (Å²) >= 11 is 0. The molecule has 0 atom stereocenters. The average molecular weight is 513 g/mol. The van der Waals surface area contributed by atoms with Gasteiger partial charge in [-0.3, -0.25) is 4.55 Å². The Hall–Kier alpha value is -0.0779. The smallest absolute Gasteiger partial charge is 0.281 e. The van der Waals surface area contributed by atoms with Gasteiger partial charge in [0.2, 0.25) is 0 Å². The van der Waals surface area contributed by atoms with E-state index >= 15 is 0 Å². The molecular weight excluding hydrogens is 512 g/mol.